The van der Waals surface area contributed by atoms with Crippen molar-refractivity contribution in [3.63, 3.8) is 0 Å². The summed E-state index contributed by atoms with van der Waals surface area (Å²) >= 11 is 0. The standard InChI is InChI=1S/C27H25F3O4/c1-33-24-13-10-20(14-23(24)28)34-27(32)19-8-6-18(7-9-19)22-12-11-21(25(29)26(22)30)17-4-2-16(15-31)3-5-17/h2-5,10-14,18-19,31H,6-9,15H2,1H3. The summed E-state index contributed by atoms with van der Waals surface area (Å²) in [6.07, 6.45) is 1.95. The van der Waals surface area contributed by atoms with E-state index in [0.717, 1.165) is 6.07 Å². The van der Waals surface area contributed by atoms with Gasteiger partial charge in [-0.15, -0.1) is 0 Å². The lowest BCUT2D eigenvalue weighted by Crippen LogP contribution is -2.25. The number of rotatable bonds is 6. The summed E-state index contributed by atoms with van der Waals surface area (Å²) in [5, 5.41) is 9.15. The van der Waals surface area contributed by atoms with Crippen molar-refractivity contribution < 1.29 is 32.5 Å². The van der Waals surface area contributed by atoms with Gasteiger partial charge in [-0.2, -0.15) is 0 Å². The van der Waals surface area contributed by atoms with Crippen molar-refractivity contribution in [2.24, 2.45) is 5.92 Å². The number of aliphatic hydroxyl groups is 1. The van der Waals surface area contributed by atoms with Crippen LogP contribution in [-0.2, 0) is 11.4 Å². The van der Waals surface area contributed by atoms with Crippen LogP contribution in [0, 0.1) is 23.4 Å². The van der Waals surface area contributed by atoms with E-state index in [1.54, 1.807) is 36.4 Å². The van der Waals surface area contributed by atoms with E-state index in [9.17, 15) is 18.0 Å². The van der Waals surface area contributed by atoms with Gasteiger partial charge in [-0.25, -0.2) is 13.2 Å². The minimum absolute atomic E-state index is 0.0581. The lowest BCUT2D eigenvalue weighted by Gasteiger charge is -2.28. The number of carbonyl (C=O) groups excluding carboxylic acids is 1. The molecule has 0 radical (unpaired) electrons. The molecule has 1 fully saturated rings. The normalized spacial score (nSPS) is 17.9. The molecule has 0 bridgehead atoms. The van der Waals surface area contributed by atoms with Gasteiger partial charge < -0.3 is 14.6 Å². The van der Waals surface area contributed by atoms with Crippen molar-refractivity contribution in [2.75, 3.05) is 7.11 Å². The quantitative estimate of drug-likeness (QED) is 0.347. The highest BCUT2D eigenvalue weighted by Crippen LogP contribution is 2.39. The first-order valence-electron chi connectivity index (χ1n) is 11.1. The molecule has 1 aliphatic carbocycles. The number of methoxy groups -OCH3 is 1. The second kappa shape index (κ2) is 10.3. The van der Waals surface area contributed by atoms with E-state index in [0.29, 0.717) is 42.4 Å². The molecule has 0 heterocycles. The van der Waals surface area contributed by atoms with Gasteiger partial charge in [0.15, 0.2) is 23.2 Å². The number of hydrogen-bond donors (Lipinski definition) is 1. The Morgan fingerprint density at radius 3 is 2.26 bits per heavy atom. The van der Waals surface area contributed by atoms with Gasteiger partial charge in [-0.1, -0.05) is 36.4 Å². The van der Waals surface area contributed by atoms with Gasteiger partial charge in [-0.3, -0.25) is 4.79 Å². The summed E-state index contributed by atoms with van der Waals surface area (Å²) in [7, 11) is 1.35. The molecule has 1 aliphatic rings. The van der Waals surface area contributed by atoms with Crippen LogP contribution in [0.2, 0.25) is 0 Å². The van der Waals surface area contributed by atoms with Gasteiger partial charge in [0, 0.05) is 11.6 Å². The van der Waals surface area contributed by atoms with Crippen LogP contribution in [0.4, 0.5) is 13.2 Å². The first-order valence-corrected chi connectivity index (χ1v) is 11.1. The fourth-order valence-corrected chi connectivity index (χ4v) is 4.44. The molecule has 34 heavy (non-hydrogen) atoms. The predicted octanol–water partition coefficient (Wildman–Crippen LogP) is 6.15. The average molecular weight is 470 g/mol. The van der Waals surface area contributed by atoms with Crippen LogP contribution in [0.3, 0.4) is 0 Å². The summed E-state index contributed by atoms with van der Waals surface area (Å²) in [4.78, 5) is 12.5. The fourth-order valence-electron chi connectivity index (χ4n) is 4.44. The van der Waals surface area contributed by atoms with Gasteiger partial charge in [0.1, 0.15) is 5.75 Å². The summed E-state index contributed by atoms with van der Waals surface area (Å²) in [5.41, 5.74) is 1.68. The van der Waals surface area contributed by atoms with Crippen LogP contribution in [-0.4, -0.2) is 18.2 Å². The smallest absolute Gasteiger partial charge is 0.314 e. The predicted molar refractivity (Wildman–Crippen MR) is 121 cm³/mol. The molecule has 0 aliphatic heterocycles. The van der Waals surface area contributed by atoms with Gasteiger partial charge in [0.25, 0.3) is 0 Å². The highest BCUT2D eigenvalue weighted by Gasteiger charge is 2.31. The molecule has 4 nitrogen and oxygen atoms in total. The van der Waals surface area contributed by atoms with Crippen LogP contribution < -0.4 is 9.47 Å². The molecule has 0 unspecified atom stereocenters. The maximum Gasteiger partial charge on any atom is 0.314 e. The number of hydrogen-bond acceptors (Lipinski definition) is 4. The van der Waals surface area contributed by atoms with Crippen LogP contribution in [0.15, 0.2) is 54.6 Å². The third-order valence-electron chi connectivity index (χ3n) is 6.40. The monoisotopic (exact) mass is 470 g/mol. The maximum absolute atomic E-state index is 15.0. The molecule has 0 saturated heterocycles. The van der Waals surface area contributed by atoms with Crippen LogP contribution in [0.1, 0.15) is 42.7 Å². The number of carbonyl (C=O) groups is 1. The first kappa shape index (κ1) is 23.8. The number of aliphatic hydroxyl groups excluding tert-OH is 1. The zero-order valence-corrected chi connectivity index (χ0v) is 18.7. The van der Waals surface area contributed by atoms with Crippen LogP contribution in [0.25, 0.3) is 11.1 Å². The largest absolute Gasteiger partial charge is 0.494 e. The average Bonchev–Trinajstić information content (AvgIpc) is 2.86. The maximum atomic E-state index is 15.0. The van der Waals surface area contributed by atoms with Gasteiger partial charge >= 0.3 is 5.97 Å². The molecule has 3 aromatic rings. The molecule has 1 saturated carbocycles. The Kier molecular flexibility index (Phi) is 7.22. The highest BCUT2D eigenvalue weighted by molar-refractivity contribution is 5.75. The van der Waals surface area contributed by atoms with E-state index in [4.69, 9.17) is 14.6 Å². The first-order chi connectivity index (χ1) is 16.4. The van der Waals surface area contributed by atoms with E-state index < -0.39 is 29.3 Å². The lowest BCUT2D eigenvalue weighted by molar-refractivity contribution is -0.140. The number of benzene rings is 3. The summed E-state index contributed by atoms with van der Waals surface area (Å²) in [5.74, 6) is -3.30. The molecular weight excluding hydrogens is 445 g/mol. The van der Waals surface area contributed by atoms with E-state index in [1.165, 1.54) is 19.2 Å². The van der Waals surface area contributed by atoms with Crippen molar-refractivity contribution in [3.8, 4) is 22.6 Å². The molecular formula is C27H25F3O4. The SMILES string of the molecule is COc1ccc(OC(=O)C2CCC(c3ccc(-c4ccc(CO)cc4)c(F)c3F)CC2)cc1F. The molecule has 7 heteroatoms. The molecule has 0 atom stereocenters. The number of esters is 1. The summed E-state index contributed by atoms with van der Waals surface area (Å²) in [6.45, 7) is -0.122. The van der Waals surface area contributed by atoms with Crippen molar-refractivity contribution >= 4 is 5.97 Å². The second-order valence-corrected chi connectivity index (χ2v) is 8.45. The Hall–Kier alpha value is -3.32. The molecule has 0 aromatic heterocycles. The molecule has 0 amide bonds. The van der Waals surface area contributed by atoms with E-state index >= 15 is 0 Å². The Labute approximate surface area is 196 Å². The van der Waals surface area contributed by atoms with Gasteiger partial charge in [-0.05, 0) is 60.4 Å². The van der Waals surface area contributed by atoms with Crippen molar-refractivity contribution in [2.45, 2.75) is 38.2 Å². The van der Waals surface area contributed by atoms with E-state index in [2.05, 4.69) is 0 Å². The molecule has 3 aromatic carbocycles. The summed E-state index contributed by atoms with van der Waals surface area (Å²) < 4.78 is 53.8. The topological polar surface area (TPSA) is 55.8 Å². The van der Waals surface area contributed by atoms with Crippen LogP contribution >= 0.6 is 0 Å². The summed E-state index contributed by atoms with van der Waals surface area (Å²) in [6, 6.07) is 13.8. The molecule has 4 rings (SSSR count). The van der Waals surface area contributed by atoms with Crippen molar-refractivity contribution in [1.82, 2.24) is 0 Å². The van der Waals surface area contributed by atoms with Crippen molar-refractivity contribution in [1.29, 1.82) is 0 Å². The highest BCUT2D eigenvalue weighted by atomic mass is 19.2. The Bertz CT molecular complexity index is 1170. The van der Waals surface area contributed by atoms with Crippen LogP contribution in [0.5, 0.6) is 11.5 Å². The Morgan fingerprint density at radius 2 is 1.65 bits per heavy atom. The Balaban J connectivity index is 1.41. The van der Waals surface area contributed by atoms with Gasteiger partial charge in [0.05, 0.1) is 19.6 Å². The zero-order chi connectivity index (χ0) is 24.2. The van der Waals surface area contributed by atoms with Gasteiger partial charge in [0.2, 0.25) is 0 Å². The van der Waals surface area contributed by atoms with E-state index in [1.807, 2.05) is 0 Å². The third-order valence-corrected chi connectivity index (χ3v) is 6.40. The minimum Gasteiger partial charge on any atom is -0.494 e. The fraction of sp³-hybridized carbons (Fsp3) is 0.296. The number of halogens is 3. The zero-order valence-electron chi connectivity index (χ0n) is 18.7. The Morgan fingerprint density at radius 1 is 0.941 bits per heavy atom. The van der Waals surface area contributed by atoms with Crippen molar-refractivity contribution in [3.05, 3.63) is 83.2 Å². The second-order valence-electron chi connectivity index (χ2n) is 8.45. The molecule has 178 valence electrons. The van der Waals surface area contributed by atoms with E-state index in [-0.39, 0.29) is 29.6 Å². The minimum atomic E-state index is -0.905. The lowest BCUT2D eigenvalue weighted by atomic mass is 9.78. The molecule has 1 N–H and O–H groups in total. The number of ether oxygens (including phenoxy) is 2. The molecule has 0 spiro atoms. The third kappa shape index (κ3) is 4.94.